The van der Waals surface area contributed by atoms with Crippen LogP contribution in [0.25, 0.3) is 0 Å². The standard InChI is InChI=1S/C8H7F2NO3/c9-8(10)7(12)5-1-3-6(4-2-5)11(13)14/h1-4,7-8,12H/t7-/m0/s1. The number of halogens is 2. The van der Waals surface area contributed by atoms with E-state index in [-0.39, 0.29) is 11.3 Å². The van der Waals surface area contributed by atoms with Crippen molar-refractivity contribution in [2.75, 3.05) is 0 Å². The van der Waals surface area contributed by atoms with Crippen LogP contribution in [0.15, 0.2) is 24.3 Å². The van der Waals surface area contributed by atoms with E-state index in [1.807, 2.05) is 0 Å². The van der Waals surface area contributed by atoms with E-state index in [0.717, 1.165) is 24.3 Å². The monoisotopic (exact) mass is 203 g/mol. The molecule has 0 saturated heterocycles. The van der Waals surface area contributed by atoms with Crippen molar-refractivity contribution in [1.82, 2.24) is 0 Å². The molecule has 1 atom stereocenters. The Kier molecular flexibility index (Phi) is 3.08. The summed E-state index contributed by atoms with van der Waals surface area (Å²) in [6.45, 7) is 0. The molecule has 14 heavy (non-hydrogen) atoms. The molecular weight excluding hydrogens is 196 g/mol. The molecule has 0 aliphatic heterocycles. The Balaban J connectivity index is 2.88. The molecule has 0 saturated carbocycles. The van der Waals surface area contributed by atoms with E-state index >= 15 is 0 Å². The fourth-order valence-electron chi connectivity index (χ4n) is 0.939. The van der Waals surface area contributed by atoms with Crippen LogP contribution in [0.1, 0.15) is 11.7 Å². The Morgan fingerprint density at radius 2 is 1.79 bits per heavy atom. The lowest BCUT2D eigenvalue weighted by Crippen LogP contribution is -2.07. The minimum Gasteiger partial charge on any atom is -0.382 e. The zero-order chi connectivity index (χ0) is 10.7. The molecule has 76 valence electrons. The van der Waals surface area contributed by atoms with Gasteiger partial charge in [-0.2, -0.15) is 0 Å². The first-order chi connectivity index (χ1) is 6.52. The molecule has 1 N–H and O–H groups in total. The van der Waals surface area contributed by atoms with Gasteiger partial charge in [0, 0.05) is 12.1 Å². The van der Waals surface area contributed by atoms with Crippen LogP contribution in [0, 0.1) is 10.1 Å². The van der Waals surface area contributed by atoms with Crippen LogP contribution in [0.2, 0.25) is 0 Å². The molecule has 1 rings (SSSR count). The van der Waals surface area contributed by atoms with Gasteiger partial charge in [0.1, 0.15) is 6.10 Å². The number of nitro benzene ring substituents is 1. The summed E-state index contributed by atoms with van der Waals surface area (Å²) in [4.78, 5) is 9.57. The van der Waals surface area contributed by atoms with Crippen molar-refractivity contribution in [1.29, 1.82) is 0 Å². The predicted octanol–water partition coefficient (Wildman–Crippen LogP) is 1.89. The molecule has 4 nitrogen and oxygen atoms in total. The highest BCUT2D eigenvalue weighted by Crippen LogP contribution is 2.22. The van der Waals surface area contributed by atoms with Gasteiger partial charge >= 0.3 is 0 Å². The van der Waals surface area contributed by atoms with E-state index in [1.54, 1.807) is 0 Å². The second-order valence-corrected chi connectivity index (χ2v) is 2.63. The highest BCUT2D eigenvalue weighted by atomic mass is 19.3. The van der Waals surface area contributed by atoms with E-state index in [2.05, 4.69) is 0 Å². The highest BCUT2D eigenvalue weighted by molar-refractivity contribution is 5.33. The summed E-state index contributed by atoms with van der Waals surface area (Å²) in [6.07, 6.45) is -4.78. The number of rotatable bonds is 3. The summed E-state index contributed by atoms with van der Waals surface area (Å²) < 4.78 is 24.0. The van der Waals surface area contributed by atoms with Gasteiger partial charge in [-0.05, 0) is 17.7 Å². The molecule has 1 aromatic carbocycles. The van der Waals surface area contributed by atoms with Crippen LogP contribution >= 0.6 is 0 Å². The Bertz CT molecular complexity index is 326. The molecule has 0 bridgehead atoms. The van der Waals surface area contributed by atoms with Crippen LogP contribution < -0.4 is 0 Å². The van der Waals surface area contributed by atoms with Gasteiger partial charge in [-0.15, -0.1) is 0 Å². The normalized spacial score (nSPS) is 12.9. The first kappa shape index (κ1) is 10.5. The molecule has 0 aliphatic carbocycles. The first-order valence-electron chi connectivity index (χ1n) is 3.73. The van der Waals surface area contributed by atoms with Gasteiger partial charge in [0.05, 0.1) is 4.92 Å². The van der Waals surface area contributed by atoms with Crippen LogP contribution in [0.4, 0.5) is 14.5 Å². The summed E-state index contributed by atoms with van der Waals surface area (Å²) in [6, 6.07) is 4.35. The number of hydrogen-bond donors (Lipinski definition) is 1. The number of aliphatic hydroxyl groups excluding tert-OH is 1. The van der Waals surface area contributed by atoms with E-state index in [1.165, 1.54) is 0 Å². The van der Waals surface area contributed by atoms with Crippen molar-refractivity contribution in [2.24, 2.45) is 0 Å². The Labute approximate surface area is 77.9 Å². The maximum atomic E-state index is 12.0. The number of benzene rings is 1. The Morgan fingerprint density at radius 1 is 1.29 bits per heavy atom. The lowest BCUT2D eigenvalue weighted by Gasteiger charge is -2.08. The van der Waals surface area contributed by atoms with Gasteiger partial charge in [0.15, 0.2) is 0 Å². The third-order valence-corrected chi connectivity index (χ3v) is 1.68. The van der Waals surface area contributed by atoms with Gasteiger partial charge in [0.2, 0.25) is 0 Å². The van der Waals surface area contributed by atoms with Crippen molar-refractivity contribution in [3.63, 3.8) is 0 Å². The molecule has 1 aromatic rings. The first-order valence-corrected chi connectivity index (χ1v) is 3.73. The summed E-state index contributed by atoms with van der Waals surface area (Å²) in [5.41, 5.74) is -0.235. The van der Waals surface area contributed by atoms with Gasteiger partial charge < -0.3 is 5.11 Å². The van der Waals surface area contributed by atoms with E-state index < -0.39 is 17.5 Å². The zero-order valence-electron chi connectivity index (χ0n) is 6.93. The van der Waals surface area contributed by atoms with Gasteiger partial charge in [-0.25, -0.2) is 8.78 Å². The van der Waals surface area contributed by atoms with Gasteiger partial charge in [0.25, 0.3) is 12.1 Å². The van der Waals surface area contributed by atoms with E-state index in [9.17, 15) is 18.9 Å². The summed E-state index contributed by atoms with van der Waals surface area (Å²) in [7, 11) is 0. The number of nitro groups is 1. The SMILES string of the molecule is O=[N+]([O-])c1ccc([C@H](O)C(F)F)cc1. The number of hydrogen-bond acceptors (Lipinski definition) is 3. The molecular formula is C8H7F2NO3. The van der Waals surface area contributed by atoms with Crippen LogP contribution in [-0.2, 0) is 0 Å². The minimum absolute atomic E-state index is 0.0365. The molecule has 0 heterocycles. The van der Waals surface area contributed by atoms with Crippen LogP contribution in [-0.4, -0.2) is 16.5 Å². The maximum Gasteiger partial charge on any atom is 0.269 e. The van der Waals surface area contributed by atoms with Crippen LogP contribution in [0.5, 0.6) is 0 Å². The van der Waals surface area contributed by atoms with Crippen molar-refractivity contribution >= 4 is 5.69 Å². The molecule has 0 aliphatic rings. The van der Waals surface area contributed by atoms with E-state index in [0.29, 0.717) is 0 Å². The summed E-state index contributed by atoms with van der Waals surface area (Å²) in [5.74, 6) is 0. The number of nitrogens with zero attached hydrogens (tertiary/aromatic N) is 1. The fourth-order valence-corrected chi connectivity index (χ4v) is 0.939. The average Bonchev–Trinajstić information content (AvgIpc) is 2.16. The quantitative estimate of drug-likeness (QED) is 0.602. The largest absolute Gasteiger partial charge is 0.382 e. The maximum absolute atomic E-state index is 12.0. The molecule has 0 fully saturated rings. The van der Waals surface area contributed by atoms with Crippen molar-refractivity contribution in [3.8, 4) is 0 Å². The minimum atomic E-state index is -2.89. The summed E-state index contributed by atoms with van der Waals surface area (Å²) in [5, 5.41) is 19.1. The molecule has 0 radical (unpaired) electrons. The molecule has 6 heteroatoms. The lowest BCUT2D eigenvalue weighted by molar-refractivity contribution is -0.384. The third-order valence-electron chi connectivity index (χ3n) is 1.68. The molecule has 0 aromatic heterocycles. The molecule has 0 spiro atoms. The second kappa shape index (κ2) is 4.10. The van der Waals surface area contributed by atoms with Crippen molar-refractivity contribution in [2.45, 2.75) is 12.5 Å². The smallest absolute Gasteiger partial charge is 0.269 e. The number of alkyl halides is 2. The molecule has 0 amide bonds. The fraction of sp³-hybridized carbons (Fsp3) is 0.250. The van der Waals surface area contributed by atoms with E-state index in [4.69, 9.17) is 5.11 Å². The number of aliphatic hydroxyl groups is 1. The second-order valence-electron chi connectivity index (χ2n) is 2.63. The van der Waals surface area contributed by atoms with Crippen LogP contribution in [0.3, 0.4) is 0 Å². The lowest BCUT2D eigenvalue weighted by atomic mass is 10.1. The predicted molar refractivity (Wildman–Crippen MR) is 44.1 cm³/mol. The van der Waals surface area contributed by atoms with Gasteiger partial charge in [-0.3, -0.25) is 10.1 Å². The zero-order valence-corrected chi connectivity index (χ0v) is 6.93. The highest BCUT2D eigenvalue weighted by Gasteiger charge is 2.19. The van der Waals surface area contributed by atoms with Crippen molar-refractivity contribution in [3.05, 3.63) is 39.9 Å². The topological polar surface area (TPSA) is 63.4 Å². The van der Waals surface area contributed by atoms with Crippen molar-refractivity contribution < 1.29 is 18.8 Å². The number of non-ortho nitro benzene ring substituents is 1. The van der Waals surface area contributed by atoms with Gasteiger partial charge in [-0.1, -0.05) is 0 Å². The molecule has 0 unspecified atom stereocenters. The Hall–Kier alpha value is -1.56. The third kappa shape index (κ3) is 2.23. The summed E-state index contributed by atoms with van der Waals surface area (Å²) >= 11 is 0. The average molecular weight is 203 g/mol. The Morgan fingerprint density at radius 3 is 2.14 bits per heavy atom.